The van der Waals surface area contributed by atoms with Crippen LogP contribution >= 0.6 is 0 Å². The summed E-state index contributed by atoms with van der Waals surface area (Å²) in [5, 5.41) is 0. The maximum absolute atomic E-state index is 11.3. The van der Waals surface area contributed by atoms with Crippen LogP contribution in [0, 0.1) is 0 Å². The van der Waals surface area contributed by atoms with E-state index in [9.17, 15) is 17.6 Å². The second-order valence-electron chi connectivity index (χ2n) is 3.39. The maximum Gasteiger partial charge on any atom is 0.0916 e. The van der Waals surface area contributed by atoms with Crippen molar-refractivity contribution in [3.8, 4) is 0 Å². The first-order valence-corrected chi connectivity index (χ1v) is 6.22. The summed E-state index contributed by atoms with van der Waals surface area (Å²) >= 11 is 0. The zero-order valence-electron chi connectivity index (χ0n) is 11.3. The van der Waals surface area contributed by atoms with Crippen molar-refractivity contribution in [3.63, 3.8) is 0 Å². The average Bonchev–Trinajstić information content (AvgIpc) is 2.39. The first-order valence-electron chi connectivity index (χ1n) is 6.22. The molecule has 0 amide bonds. The molecule has 0 aromatic heterocycles. The Labute approximate surface area is 112 Å². The van der Waals surface area contributed by atoms with Crippen LogP contribution in [0.15, 0.2) is 0 Å². The Balaban J connectivity index is -0.000000256. The number of rotatable bonds is 12. The Bertz CT molecular complexity index is 106. The van der Waals surface area contributed by atoms with Gasteiger partial charge in [0.25, 0.3) is 0 Å². The summed E-state index contributed by atoms with van der Waals surface area (Å²) in [5.74, 6) is 0. The molecule has 0 rings (SSSR count). The van der Waals surface area contributed by atoms with Crippen molar-refractivity contribution in [2.75, 3.05) is 53.1 Å². The molecule has 0 bridgehead atoms. The molecule has 3 nitrogen and oxygen atoms in total. The highest BCUT2D eigenvalue weighted by Crippen LogP contribution is 1.87. The lowest BCUT2D eigenvalue weighted by Crippen LogP contribution is -1.97. The minimum absolute atomic E-state index is 0. The normalized spacial score (nSPS) is 9.47. The van der Waals surface area contributed by atoms with E-state index in [0.29, 0.717) is 52.1 Å². The van der Waals surface area contributed by atoms with Crippen molar-refractivity contribution < 1.29 is 32.5 Å². The number of alkyl halides is 4. The molecular formula is C12H26F4O3. The first-order chi connectivity index (χ1) is 8.83. The molecule has 0 aromatic carbocycles. The highest BCUT2D eigenvalue weighted by atomic mass is 19.1. The average molecular weight is 294 g/mol. The summed E-state index contributed by atoms with van der Waals surface area (Å²) in [6.45, 7) is 0.247. The molecule has 0 atom stereocenters. The van der Waals surface area contributed by atoms with Crippen LogP contribution in [0.25, 0.3) is 0 Å². The second-order valence-corrected chi connectivity index (χ2v) is 3.39. The quantitative estimate of drug-likeness (QED) is 0.410. The molecule has 0 radical (unpaired) electrons. The second kappa shape index (κ2) is 26.2. The fourth-order valence-electron chi connectivity index (χ4n) is 0.831. The van der Waals surface area contributed by atoms with E-state index in [4.69, 9.17) is 9.47 Å². The van der Waals surface area contributed by atoms with E-state index in [1.54, 1.807) is 0 Å². The molecule has 0 unspecified atom stereocenters. The Morgan fingerprint density at radius 2 is 0.684 bits per heavy atom. The first kappa shape index (κ1) is 23.7. The van der Waals surface area contributed by atoms with Gasteiger partial charge in [-0.05, 0) is 25.7 Å². The van der Waals surface area contributed by atoms with Crippen LogP contribution in [-0.2, 0) is 9.47 Å². The van der Waals surface area contributed by atoms with E-state index in [2.05, 4.69) is 0 Å². The lowest BCUT2D eigenvalue weighted by molar-refractivity contribution is 0.119. The molecule has 0 spiro atoms. The zero-order chi connectivity index (χ0) is 13.9. The smallest absolute Gasteiger partial charge is 0.0916 e. The molecular weight excluding hydrogens is 268 g/mol. The molecule has 0 aliphatic rings. The largest absolute Gasteiger partial charge is 0.412 e. The molecule has 0 saturated carbocycles. The molecule has 2 N–H and O–H groups in total. The predicted octanol–water partition coefficient (Wildman–Crippen LogP) is 2.62. The maximum atomic E-state index is 11.3. The Kier molecular flexibility index (Phi) is 32.7. The molecule has 0 fully saturated rings. The summed E-state index contributed by atoms with van der Waals surface area (Å²) in [5.41, 5.74) is 0. The van der Waals surface area contributed by atoms with Crippen molar-refractivity contribution in [1.29, 1.82) is 0 Å². The lowest BCUT2D eigenvalue weighted by Gasteiger charge is -1.97. The number of hydrogen-bond acceptors (Lipinski definition) is 2. The number of halogens is 4. The predicted molar refractivity (Wildman–Crippen MR) is 67.6 cm³/mol. The third-order valence-electron chi connectivity index (χ3n) is 1.69. The van der Waals surface area contributed by atoms with Gasteiger partial charge in [0.05, 0.1) is 26.7 Å². The van der Waals surface area contributed by atoms with Gasteiger partial charge in [0, 0.05) is 26.4 Å². The molecule has 0 saturated heterocycles. The topological polar surface area (TPSA) is 50.0 Å². The van der Waals surface area contributed by atoms with Gasteiger partial charge in [0.1, 0.15) is 0 Å². The van der Waals surface area contributed by atoms with Crippen LogP contribution in [0.5, 0.6) is 0 Å². The highest BCUT2D eigenvalue weighted by molar-refractivity contribution is 4.34. The Morgan fingerprint density at radius 1 is 0.474 bits per heavy atom. The van der Waals surface area contributed by atoms with Crippen LogP contribution in [0.1, 0.15) is 25.7 Å². The van der Waals surface area contributed by atoms with Crippen LogP contribution in [0.2, 0.25) is 0 Å². The van der Waals surface area contributed by atoms with E-state index in [1.807, 2.05) is 0 Å². The fraction of sp³-hybridized carbons (Fsp3) is 1.00. The van der Waals surface area contributed by atoms with Crippen molar-refractivity contribution in [3.05, 3.63) is 0 Å². The molecule has 0 aromatic rings. The molecule has 0 aliphatic carbocycles. The van der Waals surface area contributed by atoms with Gasteiger partial charge in [-0.3, -0.25) is 17.6 Å². The van der Waals surface area contributed by atoms with Gasteiger partial charge in [-0.1, -0.05) is 0 Å². The summed E-state index contributed by atoms with van der Waals surface area (Å²) < 4.78 is 55.1. The Morgan fingerprint density at radius 3 is 0.842 bits per heavy atom. The van der Waals surface area contributed by atoms with Gasteiger partial charge in [0.2, 0.25) is 0 Å². The monoisotopic (exact) mass is 294 g/mol. The number of hydrogen-bond donors (Lipinski definition) is 0. The van der Waals surface area contributed by atoms with E-state index < -0.39 is 0 Å². The molecule has 0 aliphatic heterocycles. The summed E-state index contributed by atoms with van der Waals surface area (Å²) in [6.07, 6.45) is 1.69. The van der Waals surface area contributed by atoms with E-state index in [1.165, 1.54) is 0 Å². The summed E-state index contributed by atoms with van der Waals surface area (Å²) in [6, 6.07) is 0. The summed E-state index contributed by atoms with van der Waals surface area (Å²) in [7, 11) is 0. The van der Waals surface area contributed by atoms with Crippen LogP contribution in [0.3, 0.4) is 0 Å². The zero-order valence-corrected chi connectivity index (χ0v) is 11.3. The minimum atomic E-state index is -0.352. The van der Waals surface area contributed by atoms with Crippen molar-refractivity contribution >= 4 is 0 Å². The summed E-state index contributed by atoms with van der Waals surface area (Å²) in [4.78, 5) is 0. The van der Waals surface area contributed by atoms with Gasteiger partial charge in [-0.15, -0.1) is 0 Å². The Hall–Kier alpha value is -0.400. The van der Waals surface area contributed by atoms with Gasteiger partial charge >= 0.3 is 0 Å². The van der Waals surface area contributed by atoms with Crippen molar-refractivity contribution in [2.24, 2.45) is 0 Å². The lowest BCUT2D eigenvalue weighted by atomic mass is 10.5. The van der Waals surface area contributed by atoms with E-state index in [-0.39, 0.29) is 32.2 Å². The van der Waals surface area contributed by atoms with Gasteiger partial charge in [0.15, 0.2) is 0 Å². The minimum Gasteiger partial charge on any atom is -0.412 e. The molecule has 0 heterocycles. The SMILES string of the molecule is FCCCOCCCF.FCCCOCCCF.O. The van der Waals surface area contributed by atoms with Crippen LogP contribution < -0.4 is 0 Å². The van der Waals surface area contributed by atoms with Crippen LogP contribution in [-0.4, -0.2) is 58.6 Å². The van der Waals surface area contributed by atoms with Crippen LogP contribution in [0.4, 0.5) is 17.6 Å². The molecule has 120 valence electrons. The standard InChI is InChI=1S/2C6H12F2O.H2O/c2*7-3-1-5-9-6-2-4-8;/h2*1-6H2;1H2. The number of ether oxygens (including phenoxy) is 2. The third kappa shape index (κ3) is 31.8. The molecule has 19 heavy (non-hydrogen) atoms. The van der Waals surface area contributed by atoms with Crippen molar-refractivity contribution in [2.45, 2.75) is 25.7 Å². The van der Waals surface area contributed by atoms with Gasteiger partial charge in [-0.2, -0.15) is 0 Å². The van der Waals surface area contributed by atoms with E-state index in [0.717, 1.165) is 0 Å². The molecule has 7 heteroatoms. The highest BCUT2D eigenvalue weighted by Gasteiger charge is 1.87. The van der Waals surface area contributed by atoms with Gasteiger partial charge < -0.3 is 14.9 Å². The fourth-order valence-corrected chi connectivity index (χ4v) is 0.831. The third-order valence-corrected chi connectivity index (χ3v) is 1.69. The van der Waals surface area contributed by atoms with E-state index >= 15 is 0 Å². The van der Waals surface area contributed by atoms with Gasteiger partial charge in [-0.25, -0.2) is 0 Å². The van der Waals surface area contributed by atoms with Crippen molar-refractivity contribution in [1.82, 2.24) is 0 Å².